The summed E-state index contributed by atoms with van der Waals surface area (Å²) in [5.41, 5.74) is 3.38. The van der Waals surface area contributed by atoms with Crippen LogP contribution in [0.2, 0.25) is 0 Å². The molecule has 3 rings (SSSR count). The van der Waals surface area contributed by atoms with E-state index >= 15 is 0 Å². The van der Waals surface area contributed by atoms with Crippen LogP contribution in [-0.4, -0.2) is 37.8 Å². The molecule has 0 saturated carbocycles. The van der Waals surface area contributed by atoms with Crippen molar-refractivity contribution in [2.75, 3.05) is 18.0 Å². The number of sulfonamides is 1. The summed E-state index contributed by atoms with van der Waals surface area (Å²) in [7, 11) is -3.62. The standard InChI is InChI=1S/C23H30N2O3S/c1-5-24(21-14-17(2)13-18(3)15-21)23(26)20-10-8-11-22(16-20)29(27,28)25-12-7-6-9-19(25)4/h8,10-11,13-16,19H,5-7,9,12H2,1-4H3. The normalized spacial score (nSPS) is 17.9. The van der Waals surface area contributed by atoms with Crippen molar-refractivity contribution in [3.8, 4) is 0 Å². The van der Waals surface area contributed by atoms with Crippen molar-refractivity contribution in [1.29, 1.82) is 0 Å². The Kier molecular flexibility index (Phi) is 6.44. The van der Waals surface area contributed by atoms with Gasteiger partial charge in [-0.15, -0.1) is 0 Å². The Balaban J connectivity index is 1.94. The first-order chi connectivity index (χ1) is 13.7. The van der Waals surface area contributed by atoms with E-state index in [4.69, 9.17) is 0 Å². The molecule has 0 aliphatic carbocycles. The second-order valence-corrected chi connectivity index (χ2v) is 9.77. The summed E-state index contributed by atoms with van der Waals surface area (Å²) in [6.07, 6.45) is 2.79. The van der Waals surface area contributed by atoms with E-state index in [-0.39, 0.29) is 16.8 Å². The van der Waals surface area contributed by atoms with Crippen molar-refractivity contribution in [2.45, 2.75) is 57.9 Å². The number of rotatable bonds is 5. The van der Waals surface area contributed by atoms with Gasteiger partial charge in [0, 0.05) is 30.4 Å². The molecule has 6 heteroatoms. The van der Waals surface area contributed by atoms with Gasteiger partial charge in [0.2, 0.25) is 10.0 Å². The first-order valence-electron chi connectivity index (χ1n) is 10.3. The number of carbonyl (C=O) groups excluding carboxylic acids is 1. The van der Waals surface area contributed by atoms with Gasteiger partial charge in [0.15, 0.2) is 0 Å². The summed E-state index contributed by atoms with van der Waals surface area (Å²) >= 11 is 0. The molecular formula is C23H30N2O3S. The number of aryl methyl sites for hydroxylation is 2. The summed E-state index contributed by atoms with van der Waals surface area (Å²) in [5.74, 6) is -0.193. The van der Waals surface area contributed by atoms with Gasteiger partial charge in [-0.25, -0.2) is 8.42 Å². The summed E-state index contributed by atoms with van der Waals surface area (Å²) in [6.45, 7) is 8.91. The molecule has 5 nitrogen and oxygen atoms in total. The van der Waals surface area contributed by atoms with Crippen molar-refractivity contribution >= 4 is 21.6 Å². The number of carbonyl (C=O) groups is 1. The van der Waals surface area contributed by atoms with E-state index in [1.54, 1.807) is 27.4 Å². The number of amides is 1. The summed E-state index contributed by atoms with van der Waals surface area (Å²) < 4.78 is 27.9. The topological polar surface area (TPSA) is 57.7 Å². The van der Waals surface area contributed by atoms with Crippen molar-refractivity contribution in [1.82, 2.24) is 4.31 Å². The van der Waals surface area contributed by atoms with Crippen LogP contribution < -0.4 is 4.90 Å². The summed E-state index contributed by atoms with van der Waals surface area (Å²) in [6, 6.07) is 12.4. The zero-order valence-corrected chi connectivity index (χ0v) is 18.5. The number of anilines is 1. The van der Waals surface area contributed by atoms with Crippen molar-refractivity contribution in [3.63, 3.8) is 0 Å². The van der Waals surface area contributed by atoms with Gasteiger partial charge in [0.25, 0.3) is 5.91 Å². The van der Waals surface area contributed by atoms with Crippen LogP contribution in [0.3, 0.4) is 0 Å². The summed E-state index contributed by atoms with van der Waals surface area (Å²) in [5, 5.41) is 0. The third kappa shape index (κ3) is 4.54. The van der Waals surface area contributed by atoms with Gasteiger partial charge in [-0.1, -0.05) is 18.6 Å². The Labute approximate surface area is 174 Å². The Morgan fingerprint density at radius 2 is 1.79 bits per heavy atom. The van der Waals surface area contributed by atoms with Gasteiger partial charge in [-0.3, -0.25) is 4.79 Å². The first kappa shape index (κ1) is 21.5. The zero-order chi connectivity index (χ0) is 21.2. The fourth-order valence-corrected chi connectivity index (χ4v) is 5.81. The molecule has 0 radical (unpaired) electrons. The highest BCUT2D eigenvalue weighted by atomic mass is 32.2. The fourth-order valence-electron chi connectivity index (χ4n) is 4.06. The Hall–Kier alpha value is -2.18. The van der Waals surface area contributed by atoms with Crippen LogP contribution in [-0.2, 0) is 10.0 Å². The number of benzene rings is 2. The highest BCUT2D eigenvalue weighted by Gasteiger charge is 2.31. The molecule has 1 atom stereocenters. The van der Waals surface area contributed by atoms with Crippen molar-refractivity contribution < 1.29 is 13.2 Å². The fraction of sp³-hybridized carbons (Fsp3) is 0.435. The predicted octanol–water partition coefficient (Wildman–Crippen LogP) is 4.53. The molecule has 0 bridgehead atoms. The van der Waals surface area contributed by atoms with E-state index in [0.717, 1.165) is 36.1 Å². The van der Waals surface area contributed by atoms with Crippen LogP contribution in [0.4, 0.5) is 5.69 Å². The lowest BCUT2D eigenvalue weighted by Gasteiger charge is -2.32. The lowest BCUT2D eigenvalue weighted by molar-refractivity contribution is 0.0988. The largest absolute Gasteiger partial charge is 0.309 e. The minimum Gasteiger partial charge on any atom is -0.309 e. The van der Waals surface area contributed by atoms with Crippen LogP contribution in [0.15, 0.2) is 47.4 Å². The molecule has 0 N–H and O–H groups in total. The van der Waals surface area contributed by atoms with Gasteiger partial charge in [-0.2, -0.15) is 4.31 Å². The van der Waals surface area contributed by atoms with E-state index < -0.39 is 10.0 Å². The predicted molar refractivity (Wildman–Crippen MR) is 117 cm³/mol. The minimum absolute atomic E-state index is 0.0180. The average Bonchev–Trinajstić information content (AvgIpc) is 2.68. The lowest BCUT2D eigenvalue weighted by atomic mass is 10.1. The minimum atomic E-state index is -3.62. The molecule has 1 unspecified atom stereocenters. The smallest absolute Gasteiger partial charge is 0.258 e. The van der Waals surface area contributed by atoms with Gasteiger partial charge >= 0.3 is 0 Å². The van der Waals surface area contributed by atoms with E-state index in [1.807, 2.05) is 39.8 Å². The Bertz CT molecular complexity index is 981. The highest BCUT2D eigenvalue weighted by molar-refractivity contribution is 7.89. The Morgan fingerprint density at radius 3 is 2.41 bits per heavy atom. The lowest BCUT2D eigenvalue weighted by Crippen LogP contribution is -2.42. The number of nitrogens with zero attached hydrogens (tertiary/aromatic N) is 2. The van der Waals surface area contributed by atoms with E-state index in [1.165, 1.54) is 6.07 Å². The monoisotopic (exact) mass is 414 g/mol. The van der Waals surface area contributed by atoms with E-state index in [9.17, 15) is 13.2 Å². The maximum Gasteiger partial charge on any atom is 0.258 e. The molecule has 1 amide bonds. The van der Waals surface area contributed by atoms with Crippen LogP contribution in [0, 0.1) is 13.8 Å². The zero-order valence-electron chi connectivity index (χ0n) is 17.7. The molecule has 2 aromatic carbocycles. The number of hydrogen-bond acceptors (Lipinski definition) is 3. The molecule has 0 spiro atoms. The second kappa shape index (κ2) is 8.67. The van der Waals surface area contributed by atoms with Crippen LogP contribution in [0.25, 0.3) is 0 Å². The van der Waals surface area contributed by atoms with E-state index in [0.29, 0.717) is 18.7 Å². The molecule has 1 aliphatic rings. The van der Waals surface area contributed by atoms with Gasteiger partial charge in [-0.05, 0) is 82.0 Å². The van der Waals surface area contributed by atoms with Gasteiger partial charge in [0.1, 0.15) is 0 Å². The third-order valence-electron chi connectivity index (χ3n) is 5.51. The highest BCUT2D eigenvalue weighted by Crippen LogP contribution is 2.27. The molecule has 29 heavy (non-hydrogen) atoms. The Morgan fingerprint density at radius 1 is 1.10 bits per heavy atom. The molecule has 1 fully saturated rings. The van der Waals surface area contributed by atoms with Crippen molar-refractivity contribution in [3.05, 3.63) is 59.2 Å². The molecular weight excluding hydrogens is 384 g/mol. The van der Waals surface area contributed by atoms with E-state index in [2.05, 4.69) is 6.07 Å². The average molecular weight is 415 g/mol. The SMILES string of the molecule is CCN(C(=O)c1cccc(S(=O)(=O)N2CCCCC2C)c1)c1cc(C)cc(C)c1. The number of piperidine rings is 1. The quantitative estimate of drug-likeness (QED) is 0.722. The molecule has 156 valence electrons. The summed E-state index contributed by atoms with van der Waals surface area (Å²) in [4.78, 5) is 15.1. The molecule has 1 saturated heterocycles. The number of hydrogen-bond donors (Lipinski definition) is 0. The van der Waals surface area contributed by atoms with Crippen LogP contribution in [0.1, 0.15) is 54.6 Å². The van der Waals surface area contributed by atoms with Gasteiger partial charge < -0.3 is 4.90 Å². The molecule has 1 aliphatic heterocycles. The second-order valence-electron chi connectivity index (χ2n) is 7.88. The maximum atomic E-state index is 13.2. The van der Waals surface area contributed by atoms with Crippen molar-refractivity contribution in [2.24, 2.45) is 0 Å². The van der Waals surface area contributed by atoms with Crippen LogP contribution >= 0.6 is 0 Å². The molecule has 0 aromatic heterocycles. The maximum absolute atomic E-state index is 13.2. The molecule has 2 aromatic rings. The third-order valence-corrected chi connectivity index (χ3v) is 7.52. The first-order valence-corrected chi connectivity index (χ1v) is 11.7. The van der Waals surface area contributed by atoms with Crippen LogP contribution in [0.5, 0.6) is 0 Å². The molecule has 1 heterocycles. The van der Waals surface area contributed by atoms with Gasteiger partial charge in [0.05, 0.1) is 4.90 Å².